The van der Waals surface area contributed by atoms with E-state index in [9.17, 15) is 0 Å². The number of nitrogens with zero attached hydrogens (tertiary/aromatic N) is 3. The molecule has 1 aliphatic heterocycles. The Morgan fingerprint density at radius 3 is 2.84 bits per heavy atom. The first kappa shape index (κ1) is 21.5. The van der Waals surface area contributed by atoms with Gasteiger partial charge in [-0.2, -0.15) is 4.98 Å². The number of allylic oxidation sites excluding steroid dienone is 1. The predicted octanol–water partition coefficient (Wildman–Crippen LogP) is 5.52. The molecule has 4 rings (SSSR count). The van der Waals surface area contributed by atoms with Crippen LogP contribution in [-0.2, 0) is 0 Å². The molecule has 6 nitrogen and oxygen atoms in total. The Hall–Kier alpha value is -2.71. The highest BCUT2D eigenvalue weighted by Gasteiger charge is 2.34. The van der Waals surface area contributed by atoms with E-state index in [4.69, 9.17) is 26.5 Å². The maximum Gasteiger partial charge on any atom is 0.258 e. The topological polar surface area (TPSA) is 63.4 Å². The van der Waals surface area contributed by atoms with Gasteiger partial charge in [-0.25, -0.2) is 0 Å². The normalized spacial score (nSPS) is 16.7. The number of ether oxygens (including phenoxy) is 1. The number of rotatable bonds is 7. The van der Waals surface area contributed by atoms with Crippen LogP contribution in [0.15, 0.2) is 52.0 Å². The summed E-state index contributed by atoms with van der Waals surface area (Å²) in [5.41, 5.74) is 2.98. The molecule has 0 saturated heterocycles. The van der Waals surface area contributed by atoms with E-state index in [1.165, 1.54) is 0 Å². The largest absolute Gasteiger partial charge is 0.497 e. The molecule has 0 aliphatic carbocycles. The minimum Gasteiger partial charge on any atom is -0.497 e. The fourth-order valence-corrected chi connectivity index (χ4v) is 4.62. The number of nitrogens with one attached hydrogen (secondary N) is 1. The van der Waals surface area contributed by atoms with Gasteiger partial charge in [0.25, 0.3) is 5.89 Å². The lowest BCUT2D eigenvalue weighted by atomic mass is 9.94. The SMILES string of the molecule is COc1cccc(C2NC(=S)N(CCC(C)C)C(C)=C2c2nc(-c3cccs3)no2)c1. The number of methoxy groups -OCH3 is 1. The lowest BCUT2D eigenvalue weighted by molar-refractivity contribution is 0.390. The van der Waals surface area contributed by atoms with Gasteiger partial charge < -0.3 is 19.5 Å². The van der Waals surface area contributed by atoms with E-state index in [0.29, 0.717) is 22.7 Å². The number of hydrogen-bond donors (Lipinski definition) is 1. The van der Waals surface area contributed by atoms with Gasteiger partial charge in [0.15, 0.2) is 5.11 Å². The van der Waals surface area contributed by atoms with Gasteiger partial charge in [0.1, 0.15) is 5.75 Å². The Labute approximate surface area is 191 Å². The van der Waals surface area contributed by atoms with E-state index in [1.807, 2.05) is 35.7 Å². The highest BCUT2D eigenvalue weighted by molar-refractivity contribution is 7.80. The molecule has 162 valence electrons. The molecule has 1 unspecified atom stereocenters. The highest BCUT2D eigenvalue weighted by atomic mass is 32.1. The van der Waals surface area contributed by atoms with E-state index in [1.54, 1.807) is 18.4 Å². The molecular weight excluding hydrogens is 428 g/mol. The van der Waals surface area contributed by atoms with Gasteiger partial charge in [-0.05, 0) is 60.6 Å². The summed E-state index contributed by atoms with van der Waals surface area (Å²) in [6.45, 7) is 7.33. The highest BCUT2D eigenvalue weighted by Crippen LogP contribution is 2.38. The van der Waals surface area contributed by atoms with Crippen LogP contribution in [0.3, 0.4) is 0 Å². The average molecular weight is 455 g/mol. The van der Waals surface area contributed by atoms with Crippen molar-refractivity contribution in [3.05, 3.63) is 58.9 Å². The van der Waals surface area contributed by atoms with Gasteiger partial charge in [-0.1, -0.05) is 37.2 Å². The lowest BCUT2D eigenvalue weighted by Crippen LogP contribution is -2.46. The quantitative estimate of drug-likeness (QED) is 0.472. The molecule has 1 atom stereocenters. The van der Waals surface area contributed by atoms with Crippen molar-refractivity contribution in [1.82, 2.24) is 20.4 Å². The van der Waals surface area contributed by atoms with E-state index < -0.39 is 0 Å². The molecule has 1 aliphatic rings. The standard InChI is InChI=1S/C23H26N4O2S2/c1-14(2)10-11-27-15(3)19(22-25-21(26-29-22)18-9-6-12-31-18)20(24-23(27)30)16-7-5-8-17(13-16)28-4/h5-9,12-14,20H,10-11H2,1-4H3,(H,24,30). The minimum absolute atomic E-state index is 0.213. The van der Waals surface area contributed by atoms with Crippen molar-refractivity contribution in [2.75, 3.05) is 13.7 Å². The Kier molecular flexibility index (Phi) is 6.38. The smallest absolute Gasteiger partial charge is 0.258 e. The second-order valence-corrected chi connectivity index (χ2v) is 9.23. The monoisotopic (exact) mass is 454 g/mol. The number of thiophene rings is 1. The zero-order valence-corrected chi connectivity index (χ0v) is 19.7. The predicted molar refractivity (Wildman–Crippen MR) is 128 cm³/mol. The third-order valence-electron chi connectivity index (χ3n) is 5.35. The third-order valence-corrected chi connectivity index (χ3v) is 6.56. The van der Waals surface area contributed by atoms with Crippen molar-refractivity contribution in [3.63, 3.8) is 0 Å². The number of aromatic nitrogens is 2. The molecule has 1 aromatic carbocycles. The Balaban J connectivity index is 1.79. The van der Waals surface area contributed by atoms with Crippen molar-refractivity contribution >= 4 is 34.2 Å². The summed E-state index contributed by atoms with van der Waals surface area (Å²) in [6.07, 6.45) is 1.03. The molecule has 0 amide bonds. The van der Waals surface area contributed by atoms with Gasteiger partial charge in [-0.3, -0.25) is 0 Å². The maximum absolute atomic E-state index is 5.76. The van der Waals surface area contributed by atoms with Crippen LogP contribution in [0.4, 0.5) is 0 Å². The zero-order chi connectivity index (χ0) is 22.0. The van der Waals surface area contributed by atoms with Gasteiger partial charge in [0, 0.05) is 12.2 Å². The zero-order valence-electron chi connectivity index (χ0n) is 18.1. The molecule has 8 heteroatoms. The average Bonchev–Trinajstić information content (AvgIpc) is 3.45. The maximum atomic E-state index is 5.76. The number of hydrogen-bond acceptors (Lipinski definition) is 6. The Morgan fingerprint density at radius 1 is 1.29 bits per heavy atom. The van der Waals surface area contributed by atoms with Crippen LogP contribution in [0.25, 0.3) is 16.3 Å². The first-order chi connectivity index (χ1) is 15.0. The van der Waals surface area contributed by atoms with E-state index in [0.717, 1.165) is 40.4 Å². The van der Waals surface area contributed by atoms with Crippen molar-refractivity contribution in [1.29, 1.82) is 0 Å². The van der Waals surface area contributed by atoms with Crippen LogP contribution in [0.2, 0.25) is 0 Å². The lowest BCUT2D eigenvalue weighted by Gasteiger charge is -2.37. The van der Waals surface area contributed by atoms with Crippen LogP contribution in [-0.4, -0.2) is 33.8 Å². The van der Waals surface area contributed by atoms with Crippen molar-refractivity contribution in [2.45, 2.75) is 33.2 Å². The van der Waals surface area contributed by atoms with Crippen LogP contribution >= 0.6 is 23.6 Å². The summed E-state index contributed by atoms with van der Waals surface area (Å²) < 4.78 is 11.2. The summed E-state index contributed by atoms with van der Waals surface area (Å²) in [4.78, 5) is 7.84. The van der Waals surface area contributed by atoms with Crippen molar-refractivity contribution in [3.8, 4) is 16.5 Å². The van der Waals surface area contributed by atoms with Gasteiger partial charge in [-0.15, -0.1) is 11.3 Å². The third kappa shape index (κ3) is 4.50. The van der Waals surface area contributed by atoms with Crippen LogP contribution < -0.4 is 10.1 Å². The van der Waals surface area contributed by atoms with E-state index in [2.05, 4.69) is 42.2 Å². The van der Waals surface area contributed by atoms with Crippen LogP contribution in [0, 0.1) is 5.92 Å². The Morgan fingerprint density at radius 2 is 2.13 bits per heavy atom. The molecule has 31 heavy (non-hydrogen) atoms. The number of thiocarbonyl (C=S) groups is 1. The molecule has 2 aromatic heterocycles. The summed E-state index contributed by atoms with van der Waals surface area (Å²) in [6, 6.07) is 11.7. The van der Waals surface area contributed by atoms with E-state index in [-0.39, 0.29) is 6.04 Å². The molecule has 0 spiro atoms. The van der Waals surface area contributed by atoms with Crippen molar-refractivity contribution < 1.29 is 9.26 Å². The summed E-state index contributed by atoms with van der Waals surface area (Å²) in [5, 5.41) is 10.4. The molecule has 3 heterocycles. The van der Waals surface area contributed by atoms with E-state index >= 15 is 0 Å². The summed E-state index contributed by atoms with van der Waals surface area (Å²) in [5.74, 6) is 2.45. The van der Waals surface area contributed by atoms with Crippen LogP contribution in [0.1, 0.15) is 44.7 Å². The second-order valence-electron chi connectivity index (χ2n) is 7.89. The molecule has 0 radical (unpaired) electrons. The first-order valence-corrected chi connectivity index (χ1v) is 11.6. The summed E-state index contributed by atoms with van der Waals surface area (Å²) >= 11 is 7.34. The summed E-state index contributed by atoms with van der Waals surface area (Å²) in [7, 11) is 1.67. The number of benzene rings is 1. The first-order valence-electron chi connectivity index (χ1n) is 10.3. The minimum atomic E-state index is -0.213. The fourth-order valence-electron chi connectivity index (χ4n) is 3.62. The molecule has 3 aromatic rings. The second kappa shape index (κ2) is 9.20. The molecular formula is C23H26N4O2S2. The molecule has 0 bridgehead atoms. The molecule has 1 N–H and O–H groups in total. The molecule has 0 saturated carbocycles. The Bertz CT molecular complexity index is 1090. The fraction of sp³-hybridized carbons (Fsp3) is 0.348. The van der Waals surface area contributed by atoms with Gasteiger partial charge in [0.2, 0.25) is 5.82 Å². The molecule has 0 fully saturated rings. The van der Waals surface area contributed by atoms with Gasteiger partial charge in [0.05, 0.1) is 23.6 Å². The van der Waals surface area contributed by atoms with Gasteiger partial charge >= 0.3 is 0 Å². The van der Waals surface area contributed by atoms with Crippen LogP contribution in [0.5, 0.6) is 5.75 Å². The van der Waals surface area contributed by atoms with Crippen molar-refractivity contribution in [2.24, 2.45) is 5.92 Å².